The second-order valence-corrected chi connectivity index (χ2v) is 10.3. The number of aromatic nitrogens is 4. The van der Waals surface area contributed by atoms with E-state index in [0.717, 1.165) is 34.4 Å². The third-order valence-electron chi connectivity index (χ3n) is 6.05. The van der Waals surface area contributed by atoms with E-state index < -0.39 is 28.1 Å². The van der Waals surface area contributed by atoms with Crippen molar-refractivity contribution in [1.82, 2.24) is 20.2 Å². The maximum atomic E-state index is 12.9. The Hall–Kier alpha value is -3.37. The summed E-state index contributed by atoms with van der Waals surface area (Å²) in [6, 6.07) is 22.4. The Morgan fingerprint density at radius 1 is 0.917 bits per heavy atom. The van der Waals surface area contributed by atoms with E-state index in [0.29, 0.717) is 36.9 Å². The molecule has 0 spiro atoms. The van der Waals surface area contributed by atoms with Gasteiger partial charge in [0.2, 0.25) is 5.82 Å². The molecular weight excluding hydrogens is 489 g/mol. The third-order valence-corrected chi connectivity index (χ3v) is 7.75. The van der Waals surface area contributed by atoms with E-state index in [1.807, 2.05) is 54.6 Å². The molecule has 0 amide bonds. The molecule has 186 valence electrons. The molecule has 2 heterocycles. The summed E-state index contributed by atoms with van der Waals surface area (Å²) in [5, 5.41) is 13.0. The Bertz CT molecular complexity index is 1350. The molecule has 1 aliphatic heterocycles. The van der Waals surface area contributed by atoms with E-state index in [1.54, 1.807) is 0 Å². The number of tetrazole rings is 1. The van der Waals surface area contributed by atoms with Crippen molar-refractivity contribution in [3.05, 3.63) is 101 Å². The number of rotatable bonds is 8. The fraction of sp³-hybridized carbons (Fsp3) is 0.269. The summed E-state index contributed by atoms with van der Waals surface area (Å²) in [5.41, 5.74) is 2.09. The maximum Gasteiger partial charge on any atom is 0.416 e. The Morgan fingerprint density at radius 2 is 1.61 bits per heavy atom. The lowest BCUT2D eigenvalue weighted by molar-refractivity contribution is -0.137. The average Bonchev–Trinajstić information content (AvgIpc) is 3.31. The van der Waals surface area contributed by atoms with Crippen LogP contribution in [0.2, 0.25) is 0 Å². The molecular formula is C26H23F3N4O2S. The molecule has 0 bridgehead atoms. The average molecular weight is 513 g/mol. The molecule has 1 aliphatic rings. The van der Waals surface area contributed by atoms with Crippen LogP contribution in [-0.2, 0) is 41.3 Å². The third kappa shape index (κ3) is 5.55. The van der Waals surface area contributed by atoms with E-state index in [2.05, 4.69) is 15.4 Å². The van der Waals surface area contributed by atoms with Crippen LogP contribution >= 0.6 is 0 Å². The summed E-state index contributed by atoms with van der Waals surface area (Å²) < 4.78 is 56.8. The quantitative estimate of drug-likeness (QED) is 0.343. The van der Waals surface area contributed by atoms with Gasteiger partial charge in [0.25, 0.3) is 0 Å². The van der Waals surface area contributed by atoms with Crippen LogP contribution in [0.1, 0.15) is 22.3 Å². The zero-order chi connectivity index (χ0) is 25.2. The molecule has 5 rings (SSSR count). The van der Waals surface area contributed by atoms with Crippen LogP contribution in [-0.4, -0.2) is 41.5 Å². The summed E-state index contributed by atoms with van der Waals surface area (Å²) in [7, 11) is -0.941. The van der Waals surface area contributed by atoms with Gasteiger partial charge in [0.15, 0.2) is 0 Å². The van der Waals surface area contributed by atoms with E-state index in [1.165, 1.54) is 16.9 Å². The largest absolute Gasteiger partial charge is 0.416 e. The summed E-state index contributed by atoms with van der Waals surface area (Å²) in [6.45, 7) is 0.717. The molecule has 0 unspecified atom stereocenters. The van der Waals surface area contributed by atoms with Crippen LogP contribution in [0.4, 0.5) is 13.2 Å². The van der Waals surface area contributed by atoms with Crippen molar-refractivity contribution in [1.29, 1.82) is 0 Å². The smallest absolute Gasteiger partial charge is 0.366 e. The Labute approximate surface area is 208 Å². The van der Waals surface area contributed by atoms with Crippen molar-refractivity contribution in [2.75, 3.05) is 11.5 Å². The number of alkyl halides is 3. The Kier molecular flexibility index (Phi) is 6.72. The molecule has 1 fully saturated rings. The van der Waals surface area contributed by atoms with Gasteiger partial charge >= 0.3 is 6.18 Å². The highest BCUT2D eigenvalue weighted by Gasteiger charge is 2.45. The highest BCUT2D eigenvalue weighted by Crippen LogP contribution is 2.31. The minimum absolute atomic E-state index is 0.319. The van der Waals surface area contributed by atoms with Gasteiger partial charge in [-0.05, 0) is 40.5 Å². The first-order valence-corrected chi connectivity index (χ1v) is 12.8. The van der Waals surface area contributed by atoms with Gasteiger partial charge in [0.1, 0.15) is 5.60 Å². The Morgan fingerprint density at radius 3 is 2.31 bits per heavy atom. The Balaban J connectivity index is 1.31. The number of hydrogen-bond acceptors (Lipinski definition) is 5. The number of benzene rings is 3. The number of halogens is 3. The second kappa shape index (κ2) is 9.94. The standard InChI is InChI=1S/C26H23F3N4O2S/c27-26(28,29)22-12-10-19(11-13-22)14-21-8-4-5-9-23(21)24-30-32-33(31-24)16-25(17-36(34)18-25)35-15-20-6-2-1-3-7-20/h1-13H,14-18H2. The van der Waals surface area contributed by atoms with Crippen LogP contribution in [0.3, 0.4) is 0 Å². The van der Waals surface area contributed by atoms with Crippen LogP contribution < -0.4 is 0 Å². The number of nitrogens with zero attached hydrogens (tertiary/aromatic N) is 4. The summed E-state index contributed by atoms with van der Waals surface area (Å²) in [4.78, 5) is 1.46. The highest BCUT2D eigenvalue weighted by atomic mass is 32.2. The SMILES string of the molecule is O=S1CC(Cn2nnc(-c3ccccc3Cc3ccc(C(F)(F)F)cc3)n2)(OCc2ccccc2)C1. The van der Waals surface area contributed by atoms with Crippen molar-refractivity contribution in [2.24, 2.45) is 0 Å². The lowest BCUT2D eigenvalue weighted by Crippen LogP contribution is -2.56. The van der Waals surface area contributed by atoms with E-state index >= 15 is 0 Å². The monoisotopic (exact) mass is 512 g/mol. The highest BCUT2D eigenvalue weighted by molar-refractivity contribution is 7.86. The first-order valence-electron chi connectivity index (χ1n) is 11.3. The molecule has 1 aromatic heterocycles. The maximum absolute atomic E-state index is 12.9. The van der Waals surface area contributed by atoms with Crippen molar-refractivity contribution >= 4 is 10.8 Å². The zero-order valence-corrected chi connectivity index (χ0v) is 20.0. The predicted octanol–water partition coefficient (Wildman–Crippen LogP) is 4.67. The number of ether oxygens (including phenoxy) is 1. The van der Waals surface area contributed by atoms with E-state index in [-0.39, 0.29) is 0 Å². The van der Waals surface area contributed by atoms with Gasteiger partial charge in [-0.25, -0.2) is 0 Å². The van der Waals surface area contributed by atoms with Gasteiger partial charge in [-0.2, -0.15) is 18.0 Å². The zero-order valence-electron chi connectivity index (χ0n) is 19.2. The van der Waals surface area contributed by atoms with Crippen molar-refractivity contribution in [3.8, 4) is 11.4 Å². The van der Waals surface area contributed by atoms with Gasteiger partial charge in [0, 0.05) is 16.4 Å². The summed E-state index contributed by atoms with van der Waals surface area (Å²) in [6.07, 6.45) is -3.94. The molecule has 0 saturated carbocycles. The molecule has 10 heteroatoms. The minimum Gasteiger partial charge on any atom is -0.366 e. The van der Waals surface area contributed by atoms with Gasteiger partial charge in [0.05, 0.1) is 30.2 Å². The van der Waals surface area contributed by atoms with Crippen LogP contribution in [0, 0.1) is 0 Å². The van der Waals surface area contributed by atoms with E-state index in [4.69, 9.17) is 4.74 Å². The molecule has 1 saturated heterocycles. The molecule has 0 radical (unpaired) electrons. The number of hydrogen-bond donors (Lipinski definition) is 0. The van der Waals surface area contributed by atoms with Crippen molar-refractivity contribution in [2.45, 2.75) is 31.3 Å². The minimum atomic E-state index is -4.37. The van der Waals surface area contributed by atoms with Gasteiger partial charge in [-0.15, -0.1) is 10.2 Å². The summed E-state index contributed by atoms with van der Waals surface area (Å²) >= 11 is 0. The van der Waals surface area contributed by atoms with Crippen LogP contribution in [0.25, 0.3) is 11.4 Å². The van der Waals surface area contributed by atoms with E-state index in [9.17, 15) is 17.4 Å². The molecule has 0 N–H and O–H groups in total. The fourth-order valence-electron chi connectivity index (χ4n) is 4.18. The predicted molar refractivity (Wildman–Crippen MR) is 129 cm³/mol. The van der Waals surface area contributed by atoms with Crippen molar-refractivity contribution in [3.63, 3.8) is 0 Å². The molecule has 6 nitrogen and oxygen atoms in total. The molecule has 3 aromatic carbocycles. The molecule has 36 heavy (non-hydrogen) atoms. The van der Waals surface area contributed by atoms with Gasteiger partial charge in [-0.1, -0.05) is 66.7 Å². The molecule has 4 aromatic rings. The normalized spacial score (nSPS) is 19.7. The first-order chi connectivity index (χ1) is 17.3. The van der Waals surface area contributed by atoms with Crippen LogP contribution in [0.15, 0.2) is 78.9 Å². The van der Waals surface area contributed by atoms with Crippen molar-refractivity contribution < 1.29 is 22.1 Å². The lowest BCUT2D eigenvalue weighted by atomic mass is 9.98. The van der Waals surface area contributed by atoms with Crippen LogP contribution in [0.5, 0.6) is 0 Å². The lowest BCUT2D eigenvalue weighted by Gasteiger charge is -2.39. The van der Waals surface area contributed by atoms with Gasteiger partial charge in [-0.3, -0.25) is 4.21 Å². The molecule has 0 atom stereocenters. The topological polar surface area (TPSA) is 69.9 Å². The molecule has 0 aliphatic carbocycles. The van der Waals surface area contributed by atoms with Gasteiger partial charge < -0.3 is 4.74 Å². The fourth-order valence-corrected chi connectivity index (χ4v) is 5.61. The first kappa shape index (κ1) is 24.3. The second-order valence-electron chi connectivity index (χ2n) is 8.86. The summed E-state index contributed by atoms with van der Waals surface area (Å²) in [5.74, 6) is 1.22.